The molecule has 0 radical (unpaired) electrons. The summed E-state index contributed by atoms with van der Waals surface area (Å²) in [6.45, 7) is 3.77. The van der Waals surface area contributed by atoms with Crippen LogP contribution in [0.4, 0.5) is 10.1 Å². The van der Waals surface area contributed by atoms with Crippen molar-refractivity contribution in [3.8, 4) is 5.75 Å². The van der Waals surface area contributed by atoms with Gasteiger partial charge in [-0.1, -0.05) is 0 Å². The van der Waals surface area contributed by atoms with Crippen molar-refractivity contribution in [3.05, 3.63) is 59.7 Å². The van der Waals surface area contributed by atoms with Crippen molar-refractivity contribution in [2.24, 2.45) is 0 Å². The van der Waals surface area contributed by atoms with Crippen LogP contribution in [0.2, 0.25) is 0 Å². The van der Waals surface area contributed by atoms with E-state index in [1.807, 2.05) is 19.9 Å². The SMILES string of the molecule is CC1(C)C=C(c2ccc(F)cn2)c2ccc(NS(C)(=O)=O)cc2O1. The van der Waals surface area contributed by atoms with Crippen LogP contribution in [0, 0.1) is 5.82 Å². The number of pyridine rings is 1. The number of nitrogens with zero attached hydrogens (tertiary/aromatic N) is 1. The number of benzene rings is 1. The molecule has 1 aromatic carbocycles. The molecule has 0 spiro atoms. The molecule has 3 rings (SSSR count). The van der Waals surface area contributed by atoms with Crippen molar-refractivity contribution >= 4 is 21.3 Å². The van der Waals surface area contributed by atoms with Crippen molar-refractivity contribution in [3.63, 3.8) is 0 Å². The predicted octanol–water partition coefficient (Wildman–Crippen LogP) is 3.19. The molecule has 24 heavy (non-hydrogen) atoms. The van der Waals surface area contributed by atoms with Gasteiger partial charge in [0.1, 0.15) is 17.2 Å². The third-order valence-corrected chi connectivity index (χ3v) is 4.05. The van der Waals surface area contributed by atoms with Gasteiger partial charge in [-0.05, 0) is 44.2 Å². The van der Waals surface area contributed by atoms with Gasteiger partial charge < -0.3 is 4.74 Å². The molecular weight excluding hydrogens is 331 g/mol. The van der Waals surface area contributed by atoms with E-state index in [0.29, 0.717) is 17.1 Å². The van der Waals surface area contributed by atoms with Crippen LogP contribution in [0.3, 0.4) is 0 Å². The smallest absolute Gasteiger partial charge is 0.229 e. The number of ether oxygens (including phenoxy) is 1. The Morgan fingerprint density at radius 3 is 2.58 bits per heavy atom. The maximum absolute atomic E-state index is 13.1. The van der Waals surface area contributed by atoms with Crippen LogP contribution in [0.25, 0.3) is 5.57 Å². The minimum atomic E-state index is -3.38. The molecule has 1 N–H and O–H groups in total. The highest BCUT2D eigenvalue weighted by Crippen LogP contribution is 2.40. The van der Waals surface area contributed by atoms with Gasteiger partial charge in [0.25, 0.3) is 0 Å². The third-order valence-electron chi connectivity index (χ3n) is 3.44. The summed E-state index contributed by atoms with van der Waals surface area (Å²) >= 11 is 0. The van der Waals surface area contributed by atoms with E-state index in [9.17, 15) is 12.8 Å². The average Bonchev–Trinajstić information content (AvgIpc) is 2.44. The van der Waals surface area contributed by atoms with Crippen LogP contribution < -0.4 is 9.46 Å². The van der Waals surface area contributed by atoms with Crippen molar-refractivity contribution in [2.45, 2.75) is 19.4 Å². The number of halogens is 1. The zero-order chi connectivity index (χ0) is 17.5. The molecule has 1 aromatic heterocycles. The molecule has 0 amide bonds. The molecule has 0 fully saturated rings. The van der Waals surface area contributed by atoms with Gasteiger partial charge >= 0.3 is 0 Å². The number of fused-ring (bicyclic) bond motifs is 1. The average molecular weight is 348 g/mol. The Morgan fingerprint density at radius 1 is 1.21 bits per heavy atom. The molecule has 7 heteroatoms. The number of hydrogen-bond donors (Lipinski definition) is 1. The van der Waals surface area contributed by atoms with E-state index in [2.05, 4.69) is 9.71 Å². The Bertz CT molecular complexity index is 919. The van der Waals surface area contributed by atoms with Crippen LogP contribution >= 0.6 is 0 Å². The Hall–Kier alpha value is -2.41. The lowest BCUT2D eigenvalue weighted by atomic mass is 9.92. The Balaban J connectivity index is 2.09. The molecule has 2 heterocycles. The van der Waals surface area contributed by atoms with E-state index < -0.39 is 21.4 Å². The zero-order valence-electron chi connectivity index (χ0n) is 13.5. The zero-order valence-corrected chi connectivity index (χ0v) is 14.3. The fourth-order valence-electron chi connectivity index (χ4n) is 2.59. The van der Waals surface area contributed by atoms with E-state index >= 15 is 0 Å². The summed E-state index contributed by atoms with van der Waals surface area (Å²) in [5, 5.41) is 0. The van der Waals surface area contributed by atoms with Crippen LogP contribution in [-0.4, -0.2) is 25.3 Å². The molecule has 1 aliphatic rings. The second-order valence-corrected chi connectivity index (χ2v) is 7.96. The Morgan fingerprint density at radius 2 is 1.96 bits per heavy atom. The molecule has 5 nitrogen and oxygen atoms in total. The second kappa shape index (κ2) is 5.59. The topological polar surface area (TPSA) is 68.3 Å². The number of nitrogens with one attached hydrogen (secondary N) is 1. The fraction of sp³-hybridized carbons (Fsp3) is 0.235. The first kappa shape index (κ1) is 16.4. The molecule has 0 saturated heterocycles. The number of anilines is 1. The van der Waals surface area contributed by atoms with Gasteiger partial charge in [0.15, 0.2) is 0 Å². The summed E-state index contributed by atoms with van der Waals surface area (Å²) in [5.74, 6) is 0.135. The predicted molar refractivity (Wildman–Crippen MR) is 90.9 cm³/mol. The quantitative estimate of drug-likeness (QED) is 0.925. The van der Waals surface area contributed by atoms with E-state index in [1.54, 1.807) is 24.3 Å². The lowest BCUT2D eigenvalue weighted by Crippen LogP contribution is -2.29. The van der Waals surface area contributed by atoms with E-state index in [0.717, 1.165) is 23.6 Å². The number of sulfonamides is 1. The Kier molecular flexibility index (Phi) is 3.83. The second-order valence-electron chi connectivity index (χ2n) is 6.21. The maximum atomic E-state index is 13.1. The minimum Gasteiger partial charge on any atom is -0.483 e. The van der Waals surface area contributed by atoms with Crippen molar-refractivity contribution in [1.29, 1.82) is 0 Å². The van der Waals surface area contributed by atoms with Gasteiger partial charge in [0.2, 0.25) is 10.0 Å². The lowest BCUT2D eigenvalue weighted by Gasteiger charge is -2.31. The van der Waals surface area contributed by atoms with Gasteiger partial charge in [0, 0.05) is 17.2 Å². The summed E-state index contributed by atoms with van der Waals surface area (Å²) < 4.78 is 44.3. The summed E-state index contributed by atoms with van der Waals surface area (Å²) in [7, 11) is -3.38. The van der Waals surface area contributed by atoms with Gasteiger partial charge in [0.05, 0.1) is 23.8 Å². The number of hydrogen-bond acceptors (Lipinski definition) is 4. The van der Waals surface area contributed by atoms with Crippen LogP contribution in [0.1, 0.15) is 25.1 Å². The summed E-state index contributed by atoms with van der Waals surface area (Å²) in [5.41, 5.74) is 2.01. The fourth-order valence-corrected chi connectivity index (χ4v) is 3.15. The molecule has 0 atom stereocenters. The standard InChI is InChI=1S/C17H17FN2O3S/c1-17(2)9-14(15-7-4-11(18)10-19-15)13-6-5-12(8-16(13)23-17)20-24(3,21)22/h4-10,20H,1-3H3. The van der Waals surface area contributed by atoms with Gasteiger partial charge in [-0.25, -0.2) is 12.8 Å². The first-order chi connectivity index (χ1) is 11.1. The lowest BCUT2D eigenvalue weighted by molar-refractivity contribution is 0.158. The van der Waals surface area contributed by atoms with E-state index in [4.69, 9.17) is 4.74 Å². The molecular formula is C17H17FN2O3S. The minimum absolute atomic E-state index is 0.404. The highest BCUT2D eigenvalue weighted by Gasteiger charge is 2.28. The normalized spacial score (nSPS) is 15.9. The van der Waals surface area contributed by atoms with Gasteiger partial charge in [-0.3, -0.25) is 9.71 Å². The number of rotatable bonds is 3. The van der Waals surface area contributed by atoms with Crippen LogP contribution in [0.15, 0.2) is 42.6 Å². The first-order valence-corrected chi connectivity index (χ1v) is 9.18. The molecule has 126 valence electrons. The Labute approximate surface area is 140 Å². The van der Waals surface area contributed by atoms with Crippen molar-refractivity contribution in [2.75, 3.05) is 11.0 Å². The van der Waals surface area contributed by atoms with Gasteiger partial charge in [-0.2, -0.15) is 0 Å². The highest BCUT2D eigenvalue weighted by atomic mass is 32.2. The molecule has 0 aliphatic carbocycles. The van der Waals surface area contributed by atoms with Crippen molar-refractivity contribution < 1.29 is 17.5 Å². The monoisotopic (exact) mass is 348 g/mol. The van der Waals surface area contributed by atoms with E-state index in [-0.39, 0.29) is 0 Å². The first-order valence-electron chi connectivity index (χ1n) is 7.29. The van der Waals surface area contributed by atoms with Crippen molar-refractivity contribution in [1.82, 2.24) is 4.98 Å². The third kappa shape index (κ3) is 3.56. The molecule has 2 aromatic rings. The highest BCUT2D eigenvalue weighted by molar-refractivity contribution is 7.92. The summed E-state index contributed by atoms with van der Waals surface area (Å²) in [6.07, 6.45) is 4.17. The summed E-state index contributed by atoms with van der Waals surface area (Å²) in [6, 6.07) is 8.00. The van der Waals surface area contributed by atoms with E-state index in [1.165, 1.54) is 6.07 Å². The van der Waals surface area contributed by atoms with Crippen LogP contribution in [0.5, 0.6) is 5.75 Å². The maximum Gasteiger partial charge on any atom is 0.229 e. The largest absolute Gasteiger partial charge is 0.483 e. The molecule has 0 saturated carbocycles. The number of aromatic nitrogens is 1. The molecule has 1 aliphatic heterocycles. The molecule has 0 unspecified atom stereocenters. The molecule has 0 bridgehead atoms. The summed E-state index contributed by atoms with van der Waals surface area (Å²) in [4.78, 5) is 4.14. The van der Waals surface area contributed by atoms with Crippen LogP contribution in [-0.2, 0) is 10.0 Å². The van der Waals surface area contributed by atoms with Gasteiger partial charge in [-0.15, -0.1) is 0 Å².